The van der Waals surface area contributed by atoms with Crippen molar-refractivity contribution >= 4 is 17.9 Å². The van der Waals surface area contributed by atoms with Crippen molar-refractivity contribution in [3.63, 3.8) is 0 Å². The summed E-state index contributed by atoms with van der Waals surface area (Å²) in [5.41, 5.74) is 0. The van der Waals surface area contributed by atoms with Crippen LogP contribution in [0.25, 0.3) is 0 Å². The van der Waals surface area contributed by atoms with E-state index in [-0.39, 0.29) is 31.1 Å². The fourth-order valence-corrected chi connectivity index (χ4v) is 9.58. The highest BCUT2D eigenvalue weighted by Crippen LogP contribution is 2.19. The summed E-state index contributed by atoms with van der Waals surface area (Å²) in [6, 6.07) is 0. The molecule has 0 saturated heterocycles. The summed E-state index contributed by atoms with van der Waals surface area (Å²) >= 11 is 0. The van der Waals surface area contributed by atoms with Crippen LogP contribution in [0.15, 0.2) is 0 Å². The standard InChI is InChI=1S/C62H120O6/c1-6-7-8-9-10-11-12-27-34-39-44-49-54-62(65)68-59(56-67-61(64)53-48-43-38-33-29-24-20-19-22-26-31-36-41-46-51-58(4)5)55-66-60(63)52-47-42-37-32-28-23-18-16-14-13-15-17-21-25-30-35-40-45-50-57(2)3/h57-59H,6-56H2,1-5H3/t59-/m1/s1. The van der Waals surface area contributed by atoms with E-state index >= 15 is 0 Å². The van der Waals surface area contributed by atoms with E-state index in [1.165, 1.54) is 238 Å². The molecular formula is C62H120O6. The SMILES string of the molecule is CCCCCCCCCCCCCCC(=O)O[C@H](COC(=O)CCCCCCCCCCCCCCCCCCCCC(C)C)COC(=O)CCCCCCCCCCCCCCCCC(C)C. The Bertz CT molecular complexity index is 1040. The van der Waals surface area contributed by atoms with Crippen LogP contribution >= 0.6 is 0 Å². The third-order valence-corrected chi connectivity index (χ3v) is 14.2. The Morgan fingerprint density at radius 1 is 0.279 bits per heavy atom. The minimum atomic E-state index is -0.762. The molecule has 0 rings (SSSR count). The van der Waals surface area contributed by atoms with Gasteiger partial charge in [-0.05, 0) is 31.1 Å². The quantitative estimate of drug-likeness (QED) is 0.0343. The van der Waals surface area contributed by atoms with Crippen molar-refractivity contribution in [2.24, 2.45) is 11.8 Å². The van der Waals surface area contributed by atoms with Crippen LogP contribution in [0.5, 0.6) is 0 Å². The van der Waals surface area contributed by atoms with E-state index in [1.54, 1.807) is 0 Å². The number of carbonyl (C=O) groups is 3. The van der Waals surface area contributed by atoms with Gasteiger partial charge < -0.3 is 14.2 Å². The molecule has 0 bridgehead atoms. The Morgan fingerprint density at radius 3 is 0.721 bits per heavy atom. The third-order valence-electron chi connectivity index (χ3n) is 14.2. The topological polar surface area (TPSA) is 78.9 Å². The molecule has 6 heteroatoms. The molecule has 0 amide bonds. The Hall–Kier alpha value is -1.59. The van der Waals surface area contributed by atoms with Gasteiger partial charge in [0, 0.05) is 19.3 Å². The lowest BCUT2D eigenvalue weighted by molar-refractivity contribution is -0.167. The van der Waals surface area contributed by atoms with Gasteiger partial charge in [0.1, 0.15) is 13.2 Å². The molecular weight excluding hydrogens is 841 g/mol. The summed E-state index contributed by atoms with van der Waals surface area (Å²) in [6.45, 7) is 11.4. The first kappa shape index (κ1) is 66.4. The summed E-state index contributed by atoms with van der Waals surface area (Å²) in [6.07, 6.45) is 59.6. The van der Waals surface area contributed by atoms with Crippen LogP contribution in [0, 0.1) is 11.8 Å². The van der Waals surface area contributed by atoms with Crippen molar-refractivity contribution < 1.29 is 28.6 Å². The number of hydrogen-bond donors (Lipinski definition) is 0. The van der Waals surface area contributed by atoms with Crippen LogP contribution < -0.4 is 0 Å². The summed E-state index contributed by atoms with van der Waals surface area (Å²) in [5, 5.41) is 0. The molecule has 0 spiro atoms. The molecule has 0 heterocycles. The van der Waals surface area contributed by atoms with E-state index in [1.807, 2.05) is 0 Å². The summed E-state index contributed by atoms with van der Waals surface area (Å²) in [4.78, 5) is 38.2. The van der Waals surface area contributed by atoms with Gasteiger partial charge in [-0.1, -0.05) is 311 Å². The first-order chi connectivity index (χ1) is 33.2. The van der Waals surface area contributed by atoms with E-state index in [0.29, 0.717) is 19.3 Å². The van der Waals surface area contributed by atoms with Gasteiger partial charge in [0.05, 0.1) is 0 Å². The summed E-state index contributed by atoms with van der Waals surface area (Å²) in [5.74, 6) is 0.869. The van der Waals surface area contributed by atoms with E-state index in [2.05, 4.69) is 34.6 Å². The van der Waals surface area contributed by atoms with Crippen LogP contribution in [0.3, 0.4) is 0 Å². The highest BCUT2D eigenvalue weighted by Gasteiger charge is 2.19. The number of unbranched alkanes of at least 4 members (excludes halogenated alkanes) is 41. The lowest BCUT2D eigenvalue weighted by Gasteiger charge is -2.18. The second-order valence-electron chi connectivity index (χ2n) is 22.3. The lowest BCUT2D eigenvalue weighted by Crippen LogP contribution is -2.30. The number of rotatable bonds is 56. The molecule has 0 aliphatic heterocycles. The fraction of sp³-hybridized carbons (Fsp3) is 0.952. The predicted molar refractivity (Wildman–Crippen MR) is 293 cm³/mol. The molecule has 0 aliphatic rings. The summed E-state index contributed by atoms with van der Waals surface area (Å²) < 4.78 is 16.9. The zero-order valence-corrected chi connectivity index (χ0v) is 46.7. The second-order valence-corrected chi connectivity index (χ2v) is 22.3. The average molecular weight is 962 g/mol. The van der Waals surface area contributed by atoms with Crippen molar-refractivity contribution in [3.8, 4) is 0 Å². The predicted octanol–water partition coefficient (Wildman–Crippen LogP) is 20.4. The average Bonchev–Trinajstić information content (AvgIpc) is 3.31. The Balaban J connectivity index is 4.22. The Kier molecular flexibility index (Phi) is 53.5. The van der Waals surface area contributed by atoms with Crippen LogP contribution in [-0.2, 0) is 28.6 Å². The van der Waals surface area contributed by atoms with Gasteiger partial charge >= 0.3 is 17.9 Å². The maximum Gasteiger partial charge on any atom is 0.306 e. The maximum atomic E-state index is 12.8. The first-order valence-corrected chi connectivity index (χ1v) is 30.7. The van der Waals surface area contributed by atoms with Gasteiger partial charge in [0.2, 0.25) is 0 Å². The van der Waals surface area contributed by atoms with E-state index in [0.717, 1.165) is 69.6 Å². The molecule has 0 fully saturated rings. The minimum Gasteiger partial charge on any atom is -0.462 e. The monoisotopic (exact) mass is 961 g/mol. The first-order valence-electron chi connectivity index (χ1n) is 30.7. The van der Waals surface area contributed by atoms with Gasteiger partial charge in [-0.25, -0.2) is 0 Å². The molecule has 68 heavy (non-hydrogen) atoms. The molecule has 0 N–H and O–H groups in total. The number of hydrogen-bond acceptors (Lipinski definition) is 6. The highest BCUT2D eigenvalue weighted by atomic mass is 16.6. The maximum absolute atomic E-state index is 12.8. The number of esters is 3. The van der Waals surface area contributed by atoms with Crippen LogP contribution in [0.4, 0.5) is 0 Å². The molecule has 0 aromatic heterocycles. The van der Waals surface area contributed by atoms with Gasteiger partial charge in [0.15, 0.2) is 6.10 Å². The van der Waals surface area contributed by atoms with E-state index in [9.17, 15) is 14.4 Å². The van der Waals surface area contributed by atoms with Gasteiger partial charge in [0.25, 0.3) is 0 Å². The molecule has 0 aromatic carbocycles. The van der Waals surface area contributed by atoms with Gasteiger partial charge in [-0.15, -0.1) is 0 Å². The van der Waals surface area contributed by atoms with E-state index < -0.39 is 6.10 Å². The molecule has 6 nitrogen and oxygen atoms in total. The van der Waals surface area contributed by atoms with Crippen molar-refractivity contribution in [1.29, 1.82) is 0 Å². The molecule has 0 unspecified atom stereocenters. The van der Waals surface area contributed by atoms with E-state index in [4.69, 9.17) is 14.2 Å². The zero-order valence-electron chi connectivity index (χ0n) is 46.7. The van der Waals surface area contributed by atoms with Crippen LogP contribution in [0.2, 0.25) is 0 Å². The third kappa shape index (κ3) is 55.3. The largest absolute Gasteiger partial charge is 0.462 e. The molecule has 0 radical (unpaired) electrons. The van der Waals surface area contributed by atoms with Crippen molar-refractivity contribution in [2.75, 3.05) is 13.2 Å². The molecule has 0 aliphatic carbocycles. The smallest absolute Gasteiger partial charge is 0.306 e. The fourth-order valence-electron chi connectivity index (χ4n) is 9.58. The molecule has 0 saturated carbocycles. The number of carbonyl (C=O) groups excluding carboxylic acids is 3. The Labute approximate surface area is 425 Å². The van der Waals surface area contributed by atoms with Crippen molar-refractivity contribution in [2.45, 2.75) is 355 Å². The number of ether oxygens (including phenoxy) is 3. The van der Waals surface area contributed by atoms with Crippen molar-refractivity contribution in [3.05, 3.63) is 0 Å². The van der Waals surface area contributed by atoms with Gasteiger partial charge in [-0.2, -0.15) is 0 Å². The summed E-state index contributed by atoms with van der Waals surface area (Å²) in [7, 11) is 0. The molecule has 0 aromatic rings. The second kappa shape index (κ2) is 54.7. The van der Waals surface area contributed by atoms with Crippen LogP contribution in [-0.4, -0.2) is 37.2 Å². The Morgan fingerprint density at radius 2 is 0.485 bits per heavy atom. The lowest BCUT2D eigenvalue weighted by atomic mass is 10.0. The van der Waals surface area contributed by atoms with Crippen LogP contribution in [0.1, 0.15) is 349 Å². The zero-order chi connectivity index (χ0) is 49.6. The molecule has 404 valence electrons. The van der Waals surface area contributed by atoms with Crippen molar-refractivity contribution in [1.82, 2.24) is 0 Å². The normalized spacial score (nSPS) is 12.0. The van der Waals surface area contributed by atoms with Gasteiger partial charge in [-0.3, -0.25) is 14.4 Å². The highest BCUT2D eigenvalue weighted by molar-refractivity contribution is 5.71. The molecule has 1 atom stereocenters. The minimum absolute atomic E-state index is 0.0621.